The molecule has 4 rings (SSSR count). The summed E-state index contributed by atoms with van der Waals surface area (Å²) >= 11 is 0. The highest BCUT2D eigenvalue weighted by molar-refractivity contribution is 5.76. The van der Waals surface area contributed by atoms with E-state index >= 15 is 0 Å². The predicted octanol–water partition coefficient (Wildman–Crippen LogP) is 3.54. The molecule has 4 heteroatoms. The smallest absolute Gasteiger partial charge is 0.125 e. The molecule has 1 atom stereocenters. The third-order valence-corrected chi connectivity index (χ3v) is 5.01. The number of fused-ring (bicyclic) bond motifs is 1. The number of benzene rings is 1. The van der Waals surface area contributed by atoms with Gasteiger partial charge in [0.2, 0.25) is 0 Å². The van der Waals surface area contributed by atoms with E-state index in [0.29, 0.717) is 6.04 Å². The van der Waals surface area contributed by atoms with Crippen LogP contribution in [0, 0.1) is 5.82 Å². The molecule has 1 aromatic carbocycles. The van der Waals surface area contributed by atoms with Gasteiger partial charge in [0.05, 0.1) is 11.0 Å². The van der Waals surface area contributed by atoms with Crippen LogP contribution in [0.1, 0.15) is 50.9 Å². The largest absolute Gasteiger partial charge is 0.324 e. The molecule has 0 bridgehead atoms. The van der Waals surface area contributed by atoms with E-state index in [2.05, 4.69) is 16.8 Å². The van der Waals surface area contributed by atoms with Crippen LogP contribution >= 0.6 is 0 Å². The summed E-state index contributed by atoms with van der Waals surface area (Å²) in [5.41, 5.74) is 2.06. The van der Waals surface area contributed by atoms with Crippen molar-refractivity contribution in [2.45, 2.75) is 50.5 Å². The van der Waals surface area contributed by atoms with Crippen LogP contribution in [0.2, 0.25) is 0 Å². The van der Waals surface area contributed by atoms with Crippen molar-refractivity contribution in [3.05, 3.63) is 29.8 Å². The lowest BCUT2D eigenvalue weighted by molar-refractivity contribution is 0.386. The predicted molar refractivity (Wildman–Crippen MR) is 82.0 cm³/mol. The molecule has 0 spiro atoms. The Morgan fingerprint density at radius 2 is 2.29 bits per heavy atom. The molecule has 1 N–H and O–H groups in total. The molecule has 0 amide bonds. The van der Waals surface area contributed by atoms with Gasteiger partial charge in [-0.3, -0.25) is 0 Å². The van der Waals surface area contributed by atoms with Gasteiger partial charge < -0.3 is 9.88 Å². The molecule has 1 saturated heterocycles. The minimum absolute atomic E-state index is 0.132. The molecule has 21 heavy (non-hydrogen) atoms. The Morgan fingerprint density at radius 1 is 1.43 bits per heavy atom. The van der Waals surface area contributed by atoms with Crippen molar-refractivity contribution in [3.8, 4) is 0 Å². The van der Waals surface area contributed by atoms with Gasteiger partial charge in [-0.2, -0.15) is 0 Å². The van der Waals surface area contributed by atoms with E-state index in [9.17, 15) is 4.39 Å². The average Bonchev–Trinajstić information content (AvgIpc) is 3.07. The van der Waals surface area contributed by atoms with Gasteiger partial charge in [0.25, 0.3) is 0 Å². The first-order valence-corrected chi connectivity index (χ1v) is 8.12. The van der Waals surface area contributed by atoms with Gasteiger partial charge in [0.15, 0.2) is 0 Å². The zero-order chi connectivity index (χ0) is 14.4. The zero-order valence-corrected chi connectivity index (χ0v) is 12.5. The summed E-state index contributed by atoms with van der Waals surface area (Å²) in [5.74, 6) is 1.00. The van der Waals surface area contributed by atoms with Crippen LogP contribution in [0.4, 0.5) is 4.39 Å². The second-order valence-electron chi connectivity index (χ2n) is 6.63. The number of nitrogens with one attached hydrogen (secondary N) is 1. The van der Waals surface area contributed by atoms with Crippen LogP contribution in [0.3, 0.4) is 0 Å². The molecular weight excluding hydrogens is 265 g/mol. The van der Waals surface area contributed by atoms with E-state index in [4.69, 9.17) is 4.98 Å². The highest BCUT2D eigenvalue weighted by atomic mass is 19.1. The van der Waals surface area contributed by atoms with Crippen molar-refractivity contribution >= 4 is 11.0 Å². The number of rotatable bonds is 4. The molecule has 0 radical (unpaired) electrons. The van der Waals surface area contributed by atoms with Crippen LogP contribution in [-0.4, -0.2) is 22.6 Å². The molecule has 3 nitrogen and oxygen atoms in total. The fourth-order valence-corrected chi connectivity index (χ4v) is 3.89. The summed E-state index contributed by atoms with van der Waals surface area (Å²) in [5, 5.41) is 3.51. The SMILES string of the molecule is CCCC1(c2nc3cc(F)ccc3n2C2CC2)CCNC1. The Morgan fingerprint density at radius 3 is 2.95 bits per heavy atom. The van der Waals surface area contributed by atoms with Gasteiger partial charge in [-0.25, -0.2) is 9.37 Å². The lowest BCUT2D eigenvalue weighted by Gasteiger charge is -2.28. The van der Waals surface area contributed by atoms with Gasteiger partial charge in [0.1, 0.15) is 11.6 Å². The Bertz CT molecular complexity index is 666. The molecule has 2 heterocycles. The number of hydrogen-bond donors (Lipinski definition) is 1. The highest BCUT2D eigenvalue weighted by Gasteiger charge is 2.41. The minimum Gasteiger partial charge on any atom is -0.324 e. The number of hydrogen-bond acceptors (Lipinski definition) is 2. The summed E-state index contributed by atoms with van der Waals surface area (Å²) in [6.07, 6.45) is 5.90. The Balaban J connectivity index is 1.92. The van der Waals surface area contributed by atoms with E-state index in [1.54, 1.807) is 12.1 Å². The fraction of sp³-hybridized carbons (Fsp3) is 0.588. The maximum atomic E-state index is 13.6. The van der Waals surface area contributed by atoms with Crippen molar-refractivity contribution < 1.29 is 4.39 Å². The molecule has 112 valence electrons. The number of halogens is 1. The normalized spacial score (nSPS) is 25.8. The van der Waals surface area contributed by atoms with Crippen molar-refractivity contribution in [1.82, 2.24) is 14.9 Å². The topological polar surface area (TPSA) is 29.9 Å². The second-order valence-corrected chi connectivity index (χ2v) is 6.63. The molecular formula is C17H22FN3. The molecule has 1 aliphatic carbocycles. The molecule has 1 aromatic heterocycles. The number of nitrogens with zero attached hydrogens (tertiary/aromatic N) is 2. The Kier molecular flexibility index (Phi) is 3.03. The van der Waals surface area contributed by atoms with Crippen LogP contribution < -0.4 is 5.32 Å². The maximum Gasteiger partial charge on any atom is 0.125 e. The molecule has 2 aliphatic rings. The standard InChI is InChI=1S/C17H22FN3/c1-2-7-17(8-9-19-11-17)16-20-14-10-12(18)3-6-15(14)21(16)13-4-5-13/h3,6,10,13,19H,2,4-5,7-9,11H2,1H3. The Labute approximate surface area is 124 Å². The number of aromatic nitrogens is 2. The van der Waals surface area contributed by atoms with Crippen LogP contribution in [0.15, 0.2) is 18.2 Å². The summed E-state index contributed by atoms with van der Waals surface area (Å²) < 4.78 is 16.0. The second kappa shape index (κ2) is 4.80. The summed E-state index contributed by atoms with van der Waals surface area (Å²) in [4.78, 5) is 4.89. The monoisotopic (exact) mass is 287 g/mol. The van der Waals surface area contributed by atoms with Crippen molar-refractivity contribution in [2.75, 3.05) is 13.1 Å². The molecule has 2 aromatic rings. The lowest BCUT2D eigenvalue weighted by atomic mass is 9.81. The molecule has 1 unspecified atom stereocenters. The van der Waals surface area contributed by atoms with Gasteiger partial charge >= 0.3 is 0 Å². The first-order chi connectivity index (χ1) is 10.2. The summed E-state index contributed by atoms with van der Waals surface area (Å²) in [7, 11) is 0. The summed E-state index contributed by atoms with van der Waals surface area (Å²) in [6, 6.07) is 5.62. The van der Waals surface area contributed by atoms with E-state index in [0.717, 1.165) is 43.4 Å². The Hall–Kier alpha value is -1.42. The maximum absolute atomic E-state index is 13.6. The van der Waals surface area contributed by atoms with Crippen molar-refractivity contribution in [1.29, 1.82) is 0 Å². The zero-order valence-electron chi connectivity index (χ0n) is 12.5. The molecule has 2 fully saturated rings. The van der Waals surface area contributed by atoms with Crippen LogP contribution in [0.5, 0.6) is 0 Å². The van der Waals surface area contributed by atoms with Crippen LogP contribution in [0.25, 0.3) is 11.0 Å². The van der Waals surface area contributed by atoms with Crippen molar-refractivity contribution in [3.63, 3.8) is 0 Å². The first-order valence-electron chi connectivity index (χ1n) is 8.12. The third-order valence-electron chi connectivity index (χ3n) is 5.01. The highest BCUT2D eigenvalue weighted by Crippen LogP contribution is 2.44. The van der Waals surface area contributed by atoms with Crippen LogP contribution in [-0.2, 0) is 5.41 Å². The fourth-order valence-electron chi connectivity index (χ4n) is 3.89. The first kappa shape index (κ1) is 13.3. The van der Waals surface area contributed by atoms with E-state index in [-0.39, 0.29) is 11.2 Å². The molecule has 1 saturated carbocycles. The minimum atomic E-state index is -0.191. The number of imidazole rings is 1. The van der Waals surface area contributed by atoms with E-state index < -0.39 is 0 Å². The van der Waals surface area contributed by atoms with Crippen molar-refractivity contribution in [2.24, 2.45) is 0 Å². The lowest BCUT2D eigenvalue weighted by Crippen LogP contribution is -2.32. The van der Waals surface area contributed by atoms with Gasteiger partial charge in [-0.05, 0) is 44.4 Å². The quantitative estimate of drug-likeness (QED) is 0.932. The molecule has 1 aliphatic heterocycles. The van der Waals surface area contributed by atoms with Gasteiger partial charge in [-0.15, -0.1) is 0 Å². The van der Waals surface area contributed by atoms with Gasteiger partial charge in [-0.1, -0.05) is 13.3 Å². The van der Waals surface area contributed by atoms with E-state index in [1.165, 1.54) is 18.7 Å². The third kappa shape index (κ3) is 2.08. The average molecular weight is 287 g/mol. The van der Waals surface area contributed by atoms with E-state index in [1.807, 2.05) is 6.07 Å². The van der Waals surface area contributed by atoms with Gasteiger partial charge in [0, 0.05) is 24.1 Å². The summed E-state index contributed by atoms with van der Waals surface area (Å²) in [6.45, 7) is 4.30.